The van der Waals surface area contributed by atoms with Gasteiger partial charge in [0, 0.05) is 6.54 Å². The Balaban J connectivity index is 3.55. The normalized spacial score (nSPS) is 12.2. The molecule has 13 heavy (non-hydrogen) atoms. The van der Waals surface area contributed by atoms with Crippen molar-refractivity contribution in [1.29, 1.82) is 0 Å². The largest absolute Gasteiger partial charge is 0.481 e. The van der Waals surface area contributed by atoms with E-state index >= 15 is 0 Å². The van der Waals surface area contributed by atoms with Gasteiger partial charge in [-0.05, 0) is 6.42 Å². The monoisotopic (exact) mass is 188 g/mol. The molecule has 5 heteroatoms. The van der Waals surface area contributed by atoms with Crippen molar-refractivity contribution in [1.82, 2.24) is 5.32 Å². The number of aliphatic carboxylic acids is 1. The van der Waals surface area contributed by atoms with E-state index in [0.29, 0.717) is 6.42 Å². The van der Waals surface area contributed by atoms with Gasteiger partial charge in [0.1, 0.15) is 0 Å². The number of carboxylic acids is 1. The number of nitrogens with two attached hydrogens (primary N) is 1. The van der Waals surface area contributed by atoms with Crippen molar-refractivity contribution < 1.29 is 14.7 Å². The van der Waals surface area contributed by atoms with Crippen molar-refractivity contribution >= 4 is 11.9 Å². The number of hydrogen-bond acceptors (Lipinski definition) is 3. The Hall–Kier alpha value is -1.10. The smallest absolute Gasteiger partial charge is 0.305 e. The number of hydrogen-bond donors (Lipinski definition) is 3. The number of nitrogens with one attached hydrogen (secondary N) is 1. The van der Waals surface area contributed by atoms with Crippen molar-refractivity contribution in [2.45, 2.75) is 32.2 Å². The van der Waals surface area contributed by atoms with Crippen molar-refractivity contribution in [3.05, 3.63) is 0 Å². The Morgan fingerprint density at radius 3 is 2.62 bits per heavy atom. The first-order chi connectivity index (χ1) is 6.07. The Labute approximate surface area is 77.3 Å². The zero-order valence-corrected chi connectivity index (χ0v) is 7.75. The van der Waals surface area contributed by atoms with E-state index in [1.807, 2.05) is 6.92 Å². The lowest BCUT2D eigenvalue weighted by Gasteiger charge is -2.09. The third-order valence-corrected chi connectivity index (χ3v) is 1.57. The molecular formula is C8H16N2O3. The third kappa shape index (κ3) is 6.10. The second-order valence-corrected chi connectivity index (χ2v) is 2.83. The van der Waals surface area contributed by atoms with Crippen LogP contribution in [0.15, 0.2) is 0 Å². The molecule has 0 aliphatic carbocycles. The quantitative estimate of drug-likeness (QED) is 0.533. The minimum absolute atomic E-state index is 0.0649. The van der Waals surface area contributed by atoms with Crippen LogP contribution in [0.4, 0.5) is 0 Å². The third-order valence-electron chi connectivity index (χ3n) is 1.57. The van der Waals surface area contributed by atoms with E-state index < -0.39 is 12.0 Å². The average Bonchev–Trinajstić information content (AvgIpc) is 2.04. The fourth-order valence-electron chi connectivity index (χ4n) is 0.866. The lowest BCUT2D eigenvalue weighted by atomic mass is 10.2. The molecule has 0 aromatic rings. The summed E-state index contributed by atoms with van der Waals surface area (Å²) in [6.45, 7) is 2.08. The zero-order valence-electron chi connectivity index (χ0n) is 7.75. The molecule has 0 saturated carbocycles. The van der Waals surface area contributed by atoms with Gasteiger partial charge in [-0.15, -0.1) is 0 Å². The summed E-state index contributed by atoms with van der Waals surface area (Å²) in [6, 6.07) is -0.515. The molecule has 0 saturated heterocycles. The van der Waals surface area contributed by atoms with Gasteiger partial charge in [0.25, 0.3) is 0 Å². The molecule has 0 aliphatic rings. The highest BCUT2D eigenvalue weighted by Crippen LogP contribution is 1.92. The summed E-state index contributed by atoms with van der Waals surface area (Å²) in [5, 5.41) is 10.7. The summed E-state index contributed by atoms with van der Waals surface area (Å²) in [5.74, 6) is -1.20. The summed E-state index contributed by atoms with van der Waals surface area (Å²) in [4.78, 5) is 21.2. The van der Waals surface area contributed by atoms with Crippen LogP contribution in [0.5, 0.6) is 0 Å². The Morgan fingerprint density at radius 1 is 1.54 bits per heavy atom. The Bertz CT molecular complexity index is 182. The summed E-state index contributed by atoms with van der Waals surface area (Å²) in [5.41, 5.74) is 5.49. The highest BCUT2D eigenvalue weighted by molar-refractivity contribution is 5.81. The fraction of sp³-hybridized carbons (Fsp3) is 0.750. The van der Waals surface area contributed by atoms with Crippen molar-refractivity contribution in [2.75, 3.05) is 6.54 Å². The van der Waals surface area contributed by atoms with Crippen LogP contribution in [0.3, 0.4) is 0 Å². The van der Waals surface area contributed by atoms with E-state index in [2.05, 4.69) is 5.32 Å². The molecule has 1 amide bonds. The predicted molar refractivity (Wildman–Crippen MR) is 48.1 cm³/mol. The van der Waals surface area contributed by atoms with Crippen molar-refractivity contribution in [2.24, 2.45) is 5.73 Å². The summed E-state index contributed by atoms with van der Waals surface area (Å²) >= 11 is 0. The molecular weight excluding hydrogens is 172 g/mol. The van der Waals surface area contributed by atoms with Gasteiger partial charge >= 0.3 is 5.97 Å². The van der Waals surface area contributed by atoms with Crippen LogP contribution >= 0.6 is 0 Å². The molecule has 1 unspecified atom stereocenters. The molecule has 0 radical (unpaired) electrons. The minimum atomic E-state index is -0.927. The molecule has 1 atom stereocenters. The van der Waals surface area contributed by atoms with E-state index in [1.54, 1.807) is 0 Å². The number of carboxylic acid groups (broad SMARTS) is 1. The molecule has 4 N–H and O–H groups in total. The first-order valence-electron chi connectivity index (χ1n) is 4.33. The SMILES string of the molecule is CCCC(N)C(=O)NCCC(=O)O. The Morgan fingerprint density at radius 2 is 2.15 bits per heavy atom. The standard InChI is InChI=1S/C8H16N2O3/c1-2-3-6(9)8(13)10-5-4-7(11)12/h6H,2-5,9H2,1H3,(H,10,13)(H,11,12). The van der Waals surface area contributed by atoms with Crippen LogP contribution in [0.25, 0.3) is 0 Å². The van der Waals surface area contributed by atoms with Crippen LogP contribution < -0.4 is 11.1 Å². The highest BCUT2D eigenvalue weighted by Gasteiger charge is 2.11. The van der Waals surface area contributed by atoms with Gasteiger partial charge in [0.2, 0.25) is 5.91 Å². The maximum absolute atomic E-state index is 11.1. The van der Waals surface area contributed by atoms with Gasteiger partial charge < -0.3 is 16.2 Å². The molecule has 0 spiro atoms. The first kappa shape index (κ1) is 11.9. The van der Waals surface area contributed by atoms with Crippen molar-refractivity contribution in [3.63, 3.8) is 0 Å². The van der Waals surface area contributed by atoms with Crippen molar-refractivity contribution in [3.8, 4) is 0 Å². The second-order valence-electron chi connectivity index (χ2n) is 2.83. The van der Waals surface area contributed by atoms with Crippen LogP contribution in [0, 0.1) is 0 Å². The van der Waals surface area contributed by atoms with Gasteiger partial charge in [0.05, 0.1) is 12.5 Å². The average molecular weight is 188 g/mol. The Kier molecular flexibility index (Phi) is 5.88. The van der Waals surface area contributed by atoms with Gasteiger partial charge in [-0.1, -0.05) is 13.3 Å². The van der Waals surface area contributed by atoms with Gasteiger partial charge in [-0.25, -0.2) is 0 Å². The van der Waals surface area contributed by atoms with Crippen LogP contribution in [-0.2, 0) is 9.59 Å². The van der Waals surface area contributed by atoms with E-state index in [1.165, 1.54) is 0 Å². The summed E-state index contributed by atoms with van der Waals surface area (Å²) in [6.07, 6.45) is 1.40. The molecule has 0 aromatic heterocycles. The number of rotatable bonds is 6. The molecule has 0 aromatic carbocycles. The maximum atomic E-state index is 11.1. The molecule has 76 valence electrons. The highest BCUT2D eigenvalue weighted by atomic mass is 16.4. The molecule has 0 bridgehead atoms. The first-order valence-corrected chi connectivity index (χ1v) is 4.33. The summed E-state index contributed by atoms with van der Waals surface area (Å²) < 4.78 is 0. The number of carbonyl (C=O) groups is 2. The van der Waals surface area contributed by atoms with E-state index in [0.717, 1.165) is 6.42 Å². The van der Waals surface area contributed by atoms with E-state index in [4.69, 9.17) is 10.8 Å². The lowest BCUT2D eigenvalue weighted by Crippen LogP contribution is -2.41. The molecule has 5 nitrogen and oxygen atoms in total. The van der Waals surface area contributed by atoms with Gasteiger partial charge in [0.15, 0.2) is 0 Å². The van der Waals surface area contributed by atoms with E-state index in [9.17, 15) is 9.59 Å². The lowest BCUT2D eigenvalue weighted by molar-refractivity contribution is -0.136. The number of carbonyl (C=O) groups excluding carboxylic acids is 1. The van der Waals surface area contributed by atoms with Gasteiger partial charge in [-0.3, -0.25) is 9.59 Å². The topological polar surface area (TPSA) is 92.4 Å². The molecule has 0 aliphatic heterocycles. The van der Waals surface area contributed by atoms with Gasteiger partial charge in [-0.2, -0.15) is 0 Å². The predicted octanol–water partition coefficient (Wildman–Crippen LogP) is -0.295. The second kappa shape index (κ2) is 6.42. The maximum Gasteiger partial charge on any atom is 0.305 e. The fourth-order valence-corrected chi connectivity index (χ4v) is 0.866. The zero-order chi connectivity index (χ0) is 10.3. The van der Waals surface area contributed by atoms with E-state index in [-0.39, 0.29) is 18.9 Å². The molecule has 0 heterocycles. The van der Waals surface area contributed by atoms with Crippen LogP contribution in [0.2, 0.25) is 0 Å². The molecule has 0 rings (SSSR count). The number of amides is 1. The summed E-state index contributed by atoms with van der Waals surface area (Å²) in [7, 11) is 0. The van der Waals surface area contributed by atoms with Crippen LogP contribution in [0.1, 0.15) is 26.2 Å². The molecule has 0 fully saturated rings. The minimum Gasteiger partial charge on any atom is -0.481 e. The van der Waals surface area contributed by atoms with Crippen LogP contribution in [-0.4, -0.2) is 29.6 Å².